The number of phenols is 1. The van der Waals surface area contributed by atoms with E-state index in [1.807, 2.05) is 37.3 Å². The summed E-state index contributed by atoms with van der Waals surface area (Å²) in [5, 5.41) is 16.9. The molecule has 0 fully saturated rings. The Kier molecular flexibility index (Phi) is 6.58. The molecule has 2 aromatic rings. The Morgan fingerprint density at radius 1 is 1.14 bits per heavy atom. The SMILES string of the molecule is CNc1ccc(Br)cc1C(=O)Nc1cc2c(cc1O)N(C1(C(C)=O)C=CC(C)=CC1(C)C)CCC2. The van der Waals surface area contributed by atoms with Gasteiger partial charge in [-0.3, -0.25) is 9.59 Å². The number of amides is 1. The minimum atomic E-state index is -0.864. The molecule has 0 radical (unpaired) electrons. The summed E-state index contributed by atoms with van der Waals surface area (Å²) in [6.45, 7) is 8.55. The fourth-order valence-corrected chi connectivity index (χ4v) is 5.95. The van der Waals surface area contributed by atoms with E-state index < -0.39 is 11.0 Å². The Bertz CT molecular complexity index is 1260. The minimum Gasteiger partial charge on any atom is -0.506 e. The van der Waals surface area contributed by atoms with Gasteiger partial charge in [-0.2, -0.15) is 0 Å². The summed E-state index contributed by atoms with van der Waals surface area (Å²) in [6.07, 6.45) is 7.82. The van der Waals surface area contributed by atoms with Crippen molar-refractivity contribution >= 4 is 44.7 Å². The number of anilines is 3. The van der Waals surface area contributed by atoms with E-state index in [-0.39, 0.29) is 17.4 Å². The summed E-state index contributed by atoms with van der Waals surface area (Å²) in [4.78, 5) is 28.5. The van der Waals surface area contributed by atoms with Crippen LogP contribution in [0.1, 0.15) is 50.0 Å². The summed E-state index contributed by atoms with van der Waals surface area (Å²) in [5.74, 6) is -0.301. The zero-order valence-electron chi connectivity index (χ0n) is 20.8. The van der Waals surface area contributed by atoms with Gasteiger partial charge in [0.2, 0.25) is 0 Å². The monoisotopic (exact) mass is 537 g/mol. The summed E-state index contributed by atoms with van der Waals surface area (Å²) >= 11 is 3.42. The van der Waals surface area contributed by atoms with Crippen LogP contribution in [0.5, 0.6) is 5.75 Å². The Balaban J connectivity index is 1.74. The van der Waals surface area contributed by atoms with Gasteiger partial charge in [-0.1, -0.05) is 53.6 Å². The molecular formula is C28H32BrN3O3. The highest BCUT2D eigenvalue weighted by Gasteiger charge is 2.52. The lowest BCUT2D eigenvalue weighted by molar-refractivity contribution is -0.123. The average molecular weight is 538 g/mol. The van der Waals surface area contributed by atoms with E-state index in [1.165, 1.54) is 0 Å². The normalized spacial score (nSPS) is 20.6. The standard InChI is InChI=1S/C28H32BrN3O3/c1-17-10-11-28(18(2)33,27(3,4)16-17)32-12-6-7-19-13-23(25(34)15-24(19)32)31-26(35)21-14-20(29)8-9-22(21)30-5/h8-11,13-16,30,34H,6-7,12H2,1-5H3,(H,31,35). The van der Waals surface area contributed by atoms with Crippen LogP contribution in [-0.2, 0) is 11.2 Å². The third-order valence-electron chi connectivity index (χ3n) is 7.18. The predicted molar refractivity (Wildman–Crippen MR) is 146 cm³/mol. The van der Waals surface area contributed by atoms with Gasteiger partial charge in [0.05, 0.1) is 11.3 Å². The van der Waals surface area contributed by atoms with Crippen molar-refractivity contribution in [2.24, 2.45) is 5.41 Å². The number of Topliss-reactive ketones (excluding diaryl/α,β-unsaturated/α-hetero) is 1. The molecule has 0 bridgehead atoms. The Morgan fingerprint density at radius 2 is 1.89 bits per heavy atom. The first-order valence-electron chi connectivity index (χ1n) is 11.8. The molecule has 4 rings (SSSR count). The molecule has 0 saturated heterocycles. The maximum absolute atomic E-state index is 13.2. The van der Waals surface area contributed by atoms with Crippen LogP contribution in [0.25, 0.3) is 0 Å². The molecule has 0 saturated carbocycles. The average Bonchev–Trinajstić information content (AvgIpc) is 2.79. The van der Waals surface area contributed by atoms with E-state index in [0.29, 0.717) is 23.5 Å². The maximum Gasteiger partial charge on any atom is 0.257 e. The number of rotatable bonds is 5. The van der Waals surface area contributed by atoms with Crippen LogP contribution in [0.3, 0.4) is 0 Å². The number of nitrogens with zero attached hydrogens (tertiary/aromatic N) is 1. The molecular weight excluding hydrogens is 506 g/mol. The number of nitrogens with one attached hydrogen (secondary N) is 2. The largest absolute Gasteiger partial charge is 0.506 e. The molecule has 0 aromatic heterocycles. The van der Waals surface area contributed by atoms with Crippen LogP contribution in [0.2, 0.25) is 0 Å². The first-order chi connectivity index (χ1) is 16.5. The molecule has 1 atom stereocenters. The first-order valence-corrected chi connectivity index (χ1v) is 12.6. The van der Waals surface area contributed by atoms with Crippen LogP contribution in [-0.4, -0.2) is 35.9 Å². The van der Waals surface area contributed by atoms with Gasteiger partial charge in [0.15, 0.2) is 5.78 Å². The van der Waals surface area contributed by atoms with Gasteiger partial charge < -0.3 is 20.6 Å². The Morgan fingerprint density at radius 3 is 2.54 bits per heavy atom. The summed E-state index contributed by atoms with van der Waals surface area (Å²) in [7, 11) is 1.76. The number of aromatic hydroxyl groups is 1. The fraction of sp³-hybridized carbons (Fsp3) is 0.357. The lowest BCUT2D eigenvalue weighted by Gasteiger charge is -2.53. The maximum atomic E-state index is 13.2. The van der Waals surface area contributed by atoms with Crippen LogP contribution in [0.15, 0.2) is 58.6 Å². The van der Waals surface area contributed by atoms with Crippen LogP contribution < -0.4 is 15.5 Å². The third kappa shape index (κ3) is 4.27. The number of phenolic OH excluding ortho intramolecular Hbond substituents is 1. The van der Waals surface area contributed by atoms with Gasteiger partial charge in [-0.25, -0.2) is 0 Å². The highest BCUT2D eigenvalue weighted by molar-refractivity contribution is 9.10. The van der Waals surface area contributed by atoms with Gasteiger partial charge in [-0.05, 0) is 56.5 Å². The fourth-order valence-electron chi connectivity index (χ4n) is 5.59. The lowest BCUT2D eigenvalue weighted by atomic mass is 9.64. The molecule has 35 heavy (non-hydrogen) atoms. The predicted octanol–water partition coefficient (Wildman–Crippen LogP) is 6.07. The van der Waals surface area contributed by atoms with Gasteiger partial charge in [0.1, 0.15) is 11.3 Å². The number of benzene rings is 2. The second kappa shape index (κ2) is 9.19. The molecule has 2 aromatic carbocycles. The number of allylic oxidation sites excluding steroid dienone is 2. The Labute approximate surface area is 215 Å². The molecule has 0 spiro atoms. The number of ketones is 1. The smallest absolute Gasteiger partial charge is 0.257 e. The zero-order valence-corrected chi connectivity index (χ0v) is 22.4. The number of halogens is 1. The number of fused-ring (bicyclic) bond motifs is 1. The van der Waals surface area contributed by atoms with E-state index >= 15 is 0 Å². The summed E-state index contributed by atoms with van der Waals surface area (Å²) < 4.78 is 0.786. The molecule has 7 heteroatoms. The molecule has 6 nitrogen and oxygen atoms in total. The second-order valence-corrected chi connectivity index (χ2v) is 10.8. The zero-order chi connectivity index (χ0) is 25.5. The molecule has 184 valence electrons. The van der Waals surface area contributed by atoms with Crippen molar-refractivity contribution < 1.29 is 14.7 Å². The van der Waals surface area contributed by atoms with Crippen molar-refractivity contribution in [3.8, 4) is 5.75 Å². The van der Waals surface area contributed by atoms with Crippen molar-refractivity contribution in [2.75, 3.05) is 29.1 Å². The number of aryl methyl sites for hydroxylation is 1. The first kappa shape index (κ1) is 25.0. The number of hydrogen-bond donors (Lipinski definition) is 3. The van der Waals surface area contributed by atoms with Crippen LogP contribution in [0, 0.1) is 5.41 Å². The second-order valence-electron chi connectivity index (χ2n) is 9.91. The van der Waals surface area contributed by atoms with Crippen LogP contribution in [0.4, 0.5) is 17.1 Å². The molecule has 1 heterocycles. The number of carbonyl (C=O) groups excluding carboxylic acids is 2. The highest BCUT2D eigenvalue weighted by atomic mass is 79.9. The van der Waals surface area contributed by atoms with E-state index in [0.717, 1.165) is 34.1 Å². The van der Waals surface area contributed by atoms with Gasteiger partial charge >= 0.3 is 0 Å². The summed E-state index contributed by atoms with van der Waals surface area (Å²) in [6, 6.07) is 8.93. The highest BCUT2D eigenvalue weighted by Crippen LogP contribution is 2.48. The van der Waals surface area contributed by atoms with Gasteiger partial charge in [-0.15, -0.1) is 0 Å². The van der Waals surface area contributed by atoms with E-state index in [4.69, 9.17) is 0 Å². The molecule has 3 N–H and O–H groups in total. The third-order valence-corrected chi connectivity index (χ3v) is 7.67. The van der Waals surface area contributed by atoms with Crippen LogP contribution >= 0.6 is 15.9 Å². The molecule has 2 aliphatic rings. The van der Waals surface area contributed by atoms with Crippen molar-refractivity contribution in [2.45, 2.75) is 46.1 Å². The number of hydrogen-bond acceptors (Lipinski definition) is 5. The Hall–Kier alpha value is -3.06. The van der Waals surface area contributed by atoms with Gasteiger partial charge in [0.25, 0.3) is 5.91 Å². The molecule has 1 aliphatic carbocycles. The van der Waals surface area contributed by atoms with E-state index in [9.17, 15) is 14.7 Å². The minimum absolute atomic E-state index is 0.0342. The summed E-state index contributed by atoms with van der Waals surface area (Å²) in [5.41, 5.74) is 3.13. The van der Waals surface area contributed by atoms with Crippen molar-refractivity contribution in [3.05, 3.63) is 69.7 Å². The van der Waals surface area contributed by atoms with Crippen molar-refractivity contribution in [1.29, 1.82) is 0 Å². The van der Waals surface area contributed by atoms with Crippen molar-refractivity contribution in [3.63, 3.8) is 0 Å². The van der Waals surface area contributed by atoms with Gasteiger partial charge in [0, 0.05) is 40.9 Å². The van der Waals surface area contributed by atoms with E-state index in [2.05, 4.69) is 51.4 Å². The molecule has 1 amide bonds. The quantitative estimate of drug-likeness (QED) is 0.403. The topological polar surface area (TPSA) is 81.7 Å². The van der Waals surface area contributed by atoms with E-state index in [1.54, 1.807) is 26.1 Å². The van der Waals surface area contributed by atoms with Crippen molar-refractivity contribution in [1.82, 2.24) is 0 Å². The lowest BCUT2D eigenvalue weighted by Crippen LogP contribution is -2.63. The molecule has 1 unspecified atom stereocenters. The number of carbonyl (C=O) groups is 2. The molecule has 1 aliphatic heterocycles.